The van der Waals surface area contributed by atoms with Crippen molar-refractivity contribution >= 4 is 34.9 Å². The molecule has 0 unspecified atom stereocenters. The lowest BCUT2D eigenvalue weighted by Crippen LogP contribution is -2.15. The first-order valence-corrected chi connectivity index (χ1v) is 7.03. The van der Waals surface area contributed by atoms with Gasteiger partial charge in [-0.1, -0.05) is 23.2 Å². The van der Waals surface area contributed by atoms with Gasteiger partial charge in [0.2, 0.25) is 5.91 Å². The third-order valence-corrected chi connectivity index (χ3v) is 3.81. The van der Waals surface area contributed by atoms with E-state index in [0.29, 0.717) is 22.8 Å². The van der Waals surface area contributed by atoms with Crippen LogP contribution < -0.4 is 5.32 Å². The Labute approximate surface area is 130 Å². The van der Waals surface area contributed by atoms with E-state index < -0.39 is 0 Å². The van der Waals surface area contributed by atoms with Gasteiger partial charge in [0.25, 0.3) is 0 Å². The highest BCUT2D eigenvalue weighted by atomic mass is 35.5. The first-order chi connectivity index (χ1) is 10.0. The van der Waals surface area contributed by atoms with Gasteiger partial charge in [-0.05, 0) is 36.1 Å². The number of nitrogens with one attached hydrogen (secondary N) is 1. The summed E-state index contributed by atoms with van der Waals surface area (Å²) in [6.45, 7) is 0. The number of amides is 1. The Morgan fingerprint density at radius 3 is 2.86 bits per heavy atom. The molecule has 0 bridgehead atoms. The summed E-state index contributed by atoms with van der Waals surface area (Å²) in [5.41, 5.74) is 0.475. The van der Waals surface area contributed by atoms with Crippen LogP contribution >= 0.6 is 23.2 Å². The van der Waals surface area contributed by atoms with Crippen molar-refractivity contribution in [3.8, 4) is 0 Å². The lowest BCUT2D eigenvalue weighted by molar-refractivity contribution is -0.117. The standard InChI is InChI=1S/C14H10Cl2FN3O/c15-7-1-2-11(17)9(3-7)8-4-10(8)14(21)20-13-5-12(16)18-6-19-13/h1-3,5-6,8,10H,4H2,(H,18,19,20,21)/t8-,10+/m1/s1. The molecule has 2 atom stereocenters. The van der Waals surface area contributed by atoms with Gasteiger partial charge in [0.05, 0.1) is 0 Å². The van der Waals surface area contributed by atoms with Crippen molar-refractivity contribution < 1.29 is 9.18 Å². The highest BCUT2D eigenvalue weighted by molar-refractivity contribution is 6.30. The molecule has 2 aromatic rings. The second-order valence-corrected chi connectivity index (χ2v) is 5.65. The molecule has 0 spiro atoms. The SMILES string of the molecule is O=C(Nc1cc(Cl)ncn1)[C@H]1C[C@@H]1c1cc(Cl)ccc1F. The Hall–Kier alpha value is -1.72. The van der Waals surface area contributed by atoms with Gasteiger partial charge in [-0.15, -0.1) is 0 Å². The van der Waals surface area contributed by atoms with E-state index in [9.17, 15) is 9.18 Å². The fourth-order valence-corrected chi connectivity index (χ4v) is 2.58. The maximum absolute atomic E-state index is 13.7. The van der Waals surface area contributed by atoms with Gasteiger partial charge in [-0.3, -0.25) is 4.79 Å². The average molecular weight is 326 g/mol. The van der Waals surface area contributed by atoms with Crippen molar-refractivity contribution in [2.45, 2.75) is 12.3 Å². The number of benzene rings is 1. The smallest absolute Gasteiger partial charge is 0.229 e. The van der Waals surface area contributed by atoms with Crippen LogP contribution in [0, 0.1) is 11.7 Å². The third-order valence-electron chi connectivity index (χ3n) is 3.37. The molecule has 0 saturated heterocycles. The monoisotopic (exact) mass is 325 g/mol. The van der Waals surface area contributed by atoms with Crippen molar-refractivity contribution in [3.05, 3.63) is 52.1 Å². The van der Waals surface area contributed by atoms with Gasteiger partial charge in [-0.25, -0.2) is 14.4 Å². The summed E-state index contributed by atoms with van der Waals surface area (Å²) in [7, 11) is 0. The molecule has 108 valence electrons. The molecule has 4 nitrogen and oxygen atoms in total. The van der Waals surface area contributed by atoms with Gasteiger partial charge >= 0.3 is 0 Å². The lowest BCUT2D eigenvalue weighted by Gasteiger charge is -2.05. The zero-order chi connectivity index (χ0) is 15.0. The van der Waals surface area contributed by atoms with Gasteiger partial charge in [0, 0.05) is 17.0 Å². The molecule has 3 rings (SSSR count). The molecule has 1 aliphatic rings. The van der Waals surface area contributed by atoms with Crippen molar-refractivity contribution in [1.29, 1.82) is 0 Å². The number of aromatic nitrogens is 2. The van der Waals surface area contributed by atoms with Crippen molar-refractivity contribution in [1.82, 2.24) is 9.97 Å². The molecule has 0 radical (unpaired) electrons. The number of hydrogen-bond acceptors (Lipinski definition) is 3. The van der Waals surface area contributed by atoms with E-state index in [2.05, 4.69) is 15.3 Å². The van der Waals surface area contributed by atoms with E-state index in [1.165, 1.54) is 24.5 Å². The summed E-state index contributed by atoms with van der Waals surface area (Å²) in [5, 5.41) is 3.35. The first kappa shape index (κ1) is 14.2. The van der Waals surface area contributed by atoms with Gasteiger partial charge in [0.1, 0.15) is 23.1 Å². The molecular formula is C14H10Cl2FN3O. The molecule has 0 aliphatic heterocycles. The number of halogens is 3. The molecule has 1 amide bonds. The van der Waals surface area contributed by atoms with E-state index in [0.717, 1.165) is 0 Å². The second-order valence-electron chi connectivity index (χ2n) is 4.83. The average Bonchev–Trinajstić information content (AvgIpc) is 3.22. The predicted molar refractivity (Wildman–Crippen MR) is 77.9 cm³/mol. The fourth-order valence-electron chi connectivity index (χ4n) is 2.25. The van der Waals surface area contributed by atoms with Crippen LogP contribution in [-0.2, 0) is 4.79 Å². The van der Waals surface area contributed by atoms with E-state index in [1.807, 2.05) is 0 Å². The summed E-state index contributed by atoms with van der Waals surface area (Å²) in [4.78, 5) is 19.7. The molecule has 1 saturated carbocycles. The van der Waals surface area contributed by atoms with Crippen LogP contribution in [0.15, 0.2) is 30.6 Å². The largest absolute Gasteiger partial charge is 0.310 e. The summed E-state index contributed by atoms with van der Waals surface area (Å²) in [6.07, 6.45) is 1.85. The zero-order valence-corrected chi connectivity index (χ0v) is 12.2. The molecule has 1 aromatic heterocycles. The molecular weight excluding hydrogens is 316 g/mol. The van der Waals surface area contributed by atoms with Crippen LogP contribution in [0.3, 0.4) is 0 Å². The number of rotatable bonds is 3. The van der Waals surface area contributed by atoms with E-state index in [-0.39, 0.29) is 28.7 Å². The second kappa shape index (κ2) is 5.58. The van der Waals surface area contributed by atoms with Crippen LogP contribution in [0.5, 0.6) is 0 Å². The highest BCUT2D eigenvalue weighted by Gasteiger charge is 2.45. The van der Waals surface area contributed by atoms with Crippen LogP contribution in [0.25, 0.3) is 0 Å². The maximum Gasteiger partial charge on any atom is 0.229 e. The molecule has 21 heavy (non-hydrogen) atoms. The van der Waals surface area contributed by atoms with Gasteiger partial charge in [-0.2, -0.15) is 0 Å². The van der Waals surface area contributed by atoms with Crippen molar-refractivity contribution in [2.75, 3.05) is 5.32 Å². The Kier molecular flexibility index (Phi) is 3.78. The molecule has 1 fully saturated rings. The third kappa shape index (κ3) is 3.14. The number of carbonyl (C=O) groups excluding carboxylic acids is 1. The van der Waals surface area contributed by atoms with Gasteiger partial charge < -0.3 is 5.32 Å². The van der Waals surface area contributed by atoms with E-state index in [1.54, 1.807) is 6.07 Å². The van der Waals surface area contributed by atoms with E-state index >= 15 is 0 Å². The summed E-state index contributed by atoms with van der Waals surface area (Å²) in [5.74, 6) is -0.663. The Morgan fingerprint density at radius 2 is 2.10 bits per heavy atom. The molecule has 1 heterocycles. The minimum atomic E-state index is -0.343. The van der Waals surface area contributed by atoms with Crippen molar-refractivity contribution in [2.24, 2.45) is 5.92 Å². The number of carbonyl (C=O) groups is 1. The quantitative estimate of drug-likeness (QED) is 0.876. The number of nitrogens with zero attached hydrogens (tertiary/aromatic N) is 2. The fraction of sp³-hybridized carbons (Fsp3) is 0.214. The Morgan fingerprint density at radius 1 is 1.29 bits per heavy atom. The van der Waals surface area contributed by atoms with Crippen LogP contribution in [0.2, 0.25) is 10.2 Å². The first-order valence-electron chi connectivity index (χ1n) is 6.28. The zero-order valence-electron chi connectivity index (χ0n) is 10.7. The van der Waals surface area contributed by atoms with Crippen LogP contribution in [-0.4, -0.2) is 15.9 Å². The van der Waals surface area contributed by atoms with Crippen molar-refractivity contribution in [3.63, 3.8) is 0 Å². The Balaban J connectivity index is 1.70. The lowest BCUT2D eigenvalue weighted by atomic mass is 10.1. The Bertz CT molecular complexity index is 710. The minimum Gasteiger partial charge on any atom is -0.310 e. The number of hydrogen-bond donors (Lipinski definition) is 1. The predicted octanol–water partition coefficient (Wildman–Crippen LogP) is 3.66. The van der Waals surface area contributed by atoms with E-state index in [4.69, 9.17) is 23.2 Å². The molecule has 1 N–H and O–H groups in total. The van der Waals surface area contributed by atoms with Crippen LogP contribution in [0.1, 0.15) is 17.9 Å². The molecule has 1 aliphatic carbocycles. The molecule has 7 heteroatoms. The normalized spacial score (nSPS) is 20.1. The van der Waals surface area contributed by atoms with Gasteiger partial charge in [0.15, 0.2) is 0 Å². The topological polar surface area (TPSA) is 54.9 Å². The highest BCUT2D eigenvalue weighted by Crippen LogP contribution is 2.49. The summed E-state index contributed by atoms with van der Waals surface area (Å²) < 4.78 is 13.7. The molecule has 1 aromatic carbocycles. The summed E-state index contributed by atoms with van der Waals surface area (Å²) in [6, 6.07) is 5.82. The summed E-state index contributed by atoms with van der Waals surface area (Å²) >= 11 is 11.6. The number of anilines is 1. The van der Waals surface area contributed by atoms with Crippen LogP contribution in [0.4, 0.5) is 10.2 Å². The minimum absolute atomic E-state index is 0.152. The maximum atomic E-state index is 13.7.